The van der Waals surface area contributed by atoms with Crippen molar-refractivity contribution in [2.45, 2.75) is 16.7 Å². The molecule has 1 unspecified atom stereocenters. The van der Waals surface area contributed by atoms with E-state index < -0.39 is 22.0 Å². The van der Waals surface area contributed by atoms with Gasteiger partial charge in [-0.3, -0.25) is 4.79 Å². The summed E-state index contributed by atoms with van der Waals surface area (Å²) in [5, 5.41) is 2.61. The van der Waals surface area contributed by atoms with Crippen LogP contribution in [0.2, 0.25) is 0 Å². The van der Waals surface area contributed by atoms with Crippen LogP contribution in [0.1, 0.15) is 5.56 Å². The summed E-state index contributed by atoms with van der Waals surface area (Å²) in [4.78, 5) is 15.2. The number of aromatic nitrogens is 1. The van der Waals surface area contributed by atoms with Crippen molar-refractivity contribution in [1.82, 2.24) is 9.71 Å². The summed E-state index contributed by atoms with van der Waals surface area (Å²) in [7, 11) is -2.53. The molecule has 24 heavy (non-hydrogen) atoms. The second kappa shape index (κ2) is 6.76. The second-order valence-electron chi connectivity index (χ2n) is 5.19. The monoisotopic (exact) mass is 364 g/mol. The van der Waals surface area contributed by atoms with Gasteiger partial charge in [-0.05, 0) is 23.1 Å². The zero-order chi connectivity index (χ0) is 17.2. The van der Waals surface area contributed by atoms with Crippen molar-refractivity contribution in [2.24, 2.45) is 0 Å². The quantitative estimate of drug-likeness (QED) is 0.657. The zero-order valence-corrected chi connectivity index (χ0v) is 14.5. The number of hydrogen-bond acceptors (Lipinski definition) is 5. The van der Waals surface area contributed by atoms with Crippen LogP contribution in [-0.4, -0.2) is 32.5 Å². The predicted molar refractivity (Wildman–Crippen MR) is 92.4 cm³/mol. The number of para-hydroxylation sites is 1. The lowest BCUT2D eigenvalue weighted by Crippen LogP contribution is -2.42. The van der Waals surface area contributed by atoms with Gasteiger partial charge in [0.1, 0.15) is 10.3 Å². The van der Waals surface area contributed by atoms with E-state index >= 15 is 0 Å². The fraction of sp³-hybridized carbons (Fsp3) is 0.188. The van der Waals surface area contributed by atoms with Crippen LogP contribution in [0.4, 0.5) is 0 Å². The van der Waals surface area contributed by atoms with E-state index in [2.05, 4.69) is 9.71 Å². The Hall–Kier alpha value is -2.16. The standard InChI is InChI=1S/C16H16N2O4S2/c1-22-16(19)14(18-24(20,21)15-7-4-8-23-15)9-11-10-17-13-6-3-2-5-12(11)13/h2-8,10,14,17-18H,9H2,1H3. The van der Waals surface area contributed by atoms with Crippen LogP contribution in [0.3, 0.4) is 0 Å². The van der Waals surface area contributed by atoms with E-state index in [-0.39, 0.29) is 10.6 Å². The molecule has 126 valence electrons. The van der Waals surface area contributed by atoms with Crippen LogP contribution in [0, 0.1) is 0 Å². The SMILES string of the molecule is COC(=O)C(Cc1c[nH]c2ccccc12)NS(=O)(=O)c1cccs1. The summed E-state index contributed by atoms with van der Waals surface area (Å²) in [5.41, 5.74) is 1.77. The number of aromatic amines is 1. The maximum Gasteiger partial charge on any atom is 0.324 e. The zero-order valence-electron chi connectivity index (χ0n) is 12.9. The Morgan fingerprint density at radius 2 is 2.08 bits per heavy atom. The molecule has 0 amide bonds. The molecular formula is C16H16N2O4S2. The number of esters is 1. The Bertz CT molecular complexity index is 946. The molecule has 0 aliphatic heterocycles. The van der Waals surface area contributed by atoms with Gasteiger partial charge in [0.25, 0.3) is 10.0 Å². The molecule has 3 aromatic rings. The van der Waals surface area contributed by atoms with Crippen molar-refractivity contribution in [3.63, 3.8) is 0 Å². The number of benzene rings is 1. The largest absolute Gasteiger partial charge is 0.468 e. The highest BCUT2D eigenvalue weighted by Crippen LogP contribution is 2.21. The molecule has 0 saturated heterocycles. The number of sulfonamides is 1. The lowest BCUT2D eigenvalue weighted by Gasteiger charge is -2.15. The molecule has 0 saturated carbocycles. The molecule has 2 aromatic heterocycles. The van der Waals surface area contributed by atoms with Crippen molar-refractivity contribution in [1.29, 1.82) is 0 Å². The Kier molecular flexibility index (Phi) is 4.70. The first-order valence-corrected chi connectivity index (χ1v) is 9.56. The lowest BCUT2D eigenvalue weighted by atomic mass is 10.1. The van der Waals surface area contributed by atoms with E-state index in [1.807, 2.05) is 24.3 Å². The van der Waals surface area contributed by atoms with Crippen LogP contribution >= 0.6 is 11.3 Å². The van der Waals surface area contributed by atoms with E-state index in [0.29, 0.717) is 0 Å². The molecule has 1 aromatic carbocycles. The minimum atomic E-state index is -3.77. The Morgan fingerprint density at radius 1 is 1.29 bits per heavy atom. The van der Waals surface area contributed by atoms with Crippen molar-refractivity contribution in [3.8, 4) is 0 Å². The van der Waals surface area contributed by atoms with Gasteiger partial charge in [0.15, 0.2) is 0 Å². The van der Waals surface area contributed by atoms with Crippen molar-refractivity contribution < 1.29 is 17.9 Å². The van der Waals surface area contributed by atoms with E-state index in [4.69, 9.17) is 4.74 Å². The first-order chi connectivity index (χ1) is 11.5. The van der Waals surface area contributed by atoms with Crippen LogP contribution in [0.5, 0.6) is 0 Å². The van der Waals surface area contributed by atoms with Crippen LogP contribution in [0.15, 0.2) is 52.2 Å². The normalized spacial score (nSPS) is 13.0. The first kappa shape index (κ1) is 16.7. The third kappa shape index (κ3) is 3.35. The molecular weight excluding hydrogens is 348 g/mol. The number of thiophene rings is 1. The third-order valence-corrected chi connectivity index (χ3v) is 6.51. The van der Waals surface area contributed by atoms with Gasteiger partial charge in [-0.1, -0.05) is 24.3 Å². The maximum atomic E-state index is 12.4. The number of H-pyrrole nitrogens is 1. The van der Waals surface area contributed by atoms with Gasteiger partial charge >= 0.3 is 5.97 Å². The molecule has 0 aliphatic rings. The van der Waals surface area contributed by atoms with Gasteiger partial charge in [-0.25, -0.2) is 8.42 Å². The van der Waals surface area contributed by atoms with Gasteiger partial charge < -0.3 is 9.72 Å². The van der Waals surface area contributed by atoms with Crippen molar-refractivity contribution in [2.75, 3.05) is 7.11 Å². The molecule has 2 N–H and O–H groups in total. The molecule has 6 nitrogen and oxygen atoms in total. The summed E-state index contributed by atoms with van der Waals surface area (Å²) in [6, 6.07) is 9.77. The summed E-state index contributed by atoms with van der Waals surface area (Å²) in [6.45, 7) is 0. The van der Waals surface area contributed by atoms with E-state index in [0.717, 1.165) is 27.8 Å². The maximum absolute atomic E-state index is 12.4. The van der Waals surface area contributed by atoms with Crippen LogP contribution in [-0.2, 0) is 26.0 Å². The number of rotatable bonds is 6. The molecule has 2 heterocycles. The predicted octanol–water partition coefficient (Wildman–Crippen LogP) is 2.29. The highest BCUT2D eigenvalue weighted by atomic mass is 32.2. The smallest absolute Gasteiger partial charge is 0.324 e. The molecule has 0 radical (unpaired) electrons. The first-order valence-electron chi connectivity index (χ1n) is 7.20. The fourth-order valence-corrected chi connectivity index (χ4v) is 4.69. The minimum Gasteiger partial charge on any atom is -0.468 e. The number of nitrogens with one attached hydrogen (secondary N) is 2. The molecule has 1 atom stereocenters. The molecule has 3 rings (SSSR count). The summed E-state index contributed by atoms with van der Waals surface area (Å²) in [5.74, 6) is -0.625. The summed E-state index contributed by atoms with van der Waals surface area (Å²) < 4.78 is 32.2. The lowest BCUT2D eigenvalue weighted by molar-refractivity contribution is -0.142. The highest BCUT2D eigenvalue weighted by molar-refractivity contribution is 7.91. The number of carbonyl (C=O) groups is 1. The van der Waals surface area contributed by atoms with Gasteiger partial charge in [0, 0.05) is 23.5 Å². The molecule has 0 aliphatic carbocycles. The molecule has 8 heteroatoms. The van der Waals surface area contributed by atoms with Gasteiger partial charge in [0.2, 0.25) is 0 Å². The highest BCUT2D eigenvalue weighted by Gasteiger charge is 2.28. The van der Waals surface area contributed by atoms with Gasteiger partial charge in [-0.15, -0.1) is 11.3 Å². The Labute approximate surface area is 143 Å². The van der Waals surface area contributed by atoms with Crippen LogP contribution < -0.4 is 4.72 Å². The topological polar surface area (TPSA) is 88.3 Å². The summed E-state index contributed by atoms with van der Waals surface area (Å²) in [6.07, 6.45) is 1.97. The molecule has 0 fully saturated rings. The Morgan fingerprint density at radius 3 is 2.79 bits per heavy atom. The number of carbonyl (C=O) groups excluding carboxylic acids is 1. The van der Waals surface area contributed by atoms with Crippen molar-refractivity contribution in [3.05, 3.63) is 53.5 Å². The average Bonchev–Trinajstić information content (AvgIpc) is 3.24. The number of ether oxygens (including phenoxy) is 1. The number of methoxy groups -OCH3 is 1. The second-order valence-corrected chi connectivity index (χ2v) is 8.08. The number of hydrogen-bond donors (Lipinski definition) is 2. The van der Waals surface area contributed by atoms with E-state index in [1.165, 1.54) is 13.2 Å². The molecule has 0 spiro atoms. The van der Waals surface area contributed by atoms with Crippen molar-refractivity contribution >= 4 is 38.2 Å². The van der Waals surface area contributed by atoms with E-state index in [9.17, 15) is 13.2 Å². The van der Waals surface area contributed by atoms with E-state index in [1.54, 1.807) is 17.6 Å². The molecule has 0 bridgehead atoms. The third-order valence-electron chi connectivity index (χ3n) is 3.64. The number of fused-ring (bicyclic) bond motifs is 1. The van der Waals surface area contributed by atoms with Crippen LogP contribution in [0.25, 0.3) is 10.9 Å². The Balaban J connectivity index is 1.89. The average molecular weight is 364 g/mol. The summed E-state index contributed by atoms with van der Waals surface area (Å²) >= 11 is 1.09. The van der Waals surface area contributed by atoms with Gasteiger partial charge in [0.05, 0.1) is 7.11 Å². The minimum absolute atomic E-state index is 0.162. The fourth-order valence-electron chi connectivity index (χ4n) is 2.50. The van der Waals surface area contributed by atoms with Gasteiger partial charge in [-0.2, -0.15) is 4.72 Å².